The van der Waals surface area contributed by atoms with Gasteiger partial charge in [0.2, 0.25) is 0 Å². The first-order valence-electron chi connectivity index (χ1n) is 5.79. The summed E-state index contributed by atoms with van der Waals surface area (Å²) in [5.74, 6) is 0. The molecule has 3 heteroatoms. The van der Waals surface area contributed by atoms with Crippen molar-refractivity contribution in [3.8, 4) is 5.69 Å². The van der Waals surface area contributed by atoms with Crippen molar-refractivity contribution in [2.45, 2.75) is 19.8 Å². The van der Waals surface area contributed by atoms with E-state index in [4.69, 9.17) is 5.73 Å². The smallest absolute Gasteiger partial charge is 0.255 e. The molecule has 0 unspecified atom stereocenters. The number of pyridine rings is 1. The van der Waals surface area contributed by atoms with Crippen LogP contribution in [0.4, 0.5) is 5.69 Å². The zero-order chi connectivity index (χ0) is 12.3. The number of aromatic nitrogens is 1. The molecular formula is C14H16N2O. The minimum Gasteiger partial charge on any atom is -0.399 e. The molecule has 0 fully saturated rings. The largest absolute Gasteiger partial charge is 0.399 e. The first-order valence-corrected chi connectivity index (χ1v) is 5.79. The van der Waals surface area contributed by atoms with Crippen molar-refractivity contribution in [2.75, 3.05) is 5.73 Å². The van der Waals surface area contributed by atoms with E-state index in [-0.39, 0.29) is 5.56 Å². The second-order valence-corrected chi connectivity index (χ2v) is 4.05. The number of nitrogens with zero attached hydrogens (tertiary/aromatic N) is 1. The maximum absolute atomic E-state index is 11.8. The number of hydrogen-bond acceptors (Lipinski definition) is 2. The van der Waals surface area contributed by atoms with Crippen molar-refractivity contribution < 1.29 is 0 Å². The van der Waals surface area contributed by atoms with Crippen LogP contribution in [0.1, 0.15) is 18.9 Å². The van der Waals surface area contributed by atoms with Gasteiger partial charge in [0.15, 0.2) is 0 Å². The summed E-state index contributed by atoms with van der Waals surface area (Å²) >= 11 is 0. The van der Waals surface area contributed by atoms with Crippen molar-refractivity contribution in [1.29, 1.82) is 0 Å². The maximum atomic E-state index is 11.8. The number of nitrogen functional groups attached to an aromatic ring is 1. The van der Waals surface area contributed by atoms with E-state index in [0.717, 1.165) is 29.8 Å². The number of nitrogens with two attached hydrogens (primary N) is 1. The summed E-state index contributed by atoms with van der Waals surface area (Å²) in [5, 5.41) is 0. The number of anilines is 1. The molecule has 0 amide bonds. The van der Waals surface area contributed by atoms with Gasteiger partial charge in [-0.1, -0.05) is 19.4 Å². The van der Waals surface area contributed by atoms with E-state index >= 15 is 0 Å². The molecule has 88 valence electrons. The van der Waals surface area contributed by atoms with E-state index in [9.17, 15) is 4.79 Å². The third kappa shape index (κ3) is 2.38. The summed E-state index contributed by atoms with van der Waals surface area (Å²) in [5.41, 5.74) is 8.54. The molecule has 0 saturated heterocycles. The molecule has 0 aliphatic heterocycles. The number of rotatable bonds is 3. The Morgan fingerprint density at radius 2 is 2.06 bits per heavy atom. The number of hydrogen-bond donors (Lipinski definition) is 1. The van der Waals surface area contributed by atoms with Crippen LogP contribution in [0.15, 0.2) is 47.4 Å². The highest BCUT2D eigenvalue weighted by Crippen LogP contribution is 2.18. The molecule has 2 rings (SSSR count). The lowest BCUT2D eigenvalue weighted by Crippen LogP contribution is -2.17. The van der Waals surface area contributed by atoms with E-state index in [1.807, 2.05) is 24.3 Å². The third-order valence-electron chi connectivity index (χ3n) is 2.70. The van der Waals surface area contributed by atoms with Gasteiger partial charge in [0, 0.05) is 18.0 Å². The summed E-state index contributed by atoms with van der Waals surface area (Å²) in [7, 11) is 0. The molecule has 0 aliphatic rings. The predicted octanol–water partition coefficient (Wildman–Crippen LogP) is 2.37. The SMILES string of the molecule is CCCc1cc(N)ccc1-n1ccccc1=O. The molecule has 3 nitrogen and oxygen atoms in total. The standard InChI is InChI=1S/C14H16N2O/c1-2-5-11-10-12(15)7-8-13(11)16-9-4-3-6-14(16)17/h3-4,6-10H,2,5,15H2,1H3. The summed E-state index contributed by atoms with van der Waals surface area (Å²) < 4.78 is 1.66. The van der Waals surface area contributed by atoms with Crippen LogP contribution in [-0.4, -0.2) is 4.57 Å². The minimum atomic E-state index is -0.0189. The fraction of sp³-hybridized carbons (Fsp3) is 0.214. The molecule has 1 heterocycles. The summed E-state index contributed by atoms with van der Waals surface area (Å²) in [4.78, 5) is 11.8. The van der Waals surface area contributed by atoms with Crippen LogP contribution < -0.4 is 11.3 Å². The summed E-state index contributed by atoms with van der Waals surface area (Å²) in [6.07, 6.45) is 3.73. The average molecular weight is 228 g/mol. The molecular weight excluding hydrogens is 212 g/mol. The van der Waals surface area contributed by atoms with Gasteiger partial charge >= 0.3 is 0 Å². The van der Waals surface area contributed by atoms with Crippen molar-refractivity contribution in [3.63, 3.8) is 0 Å². The van der Waals surface area contributed by atoms with Gasteiger partial charge in [-0.25, -0.2) is 0 Å². The van der Waals surface area contributed by atoms with Gasteiger partial charge in [-0.2, -0.15) is 0 Å². The quantitative estimate of drug-likeness (QED) is 0.820. The second kappa shape index (κ2) is 4.87. The fourth-order valence-electron chi connectivity index (χ4n) is 1.94. The molecule has 1 aromatic heterocycles. The van der Waals surface area contributed by atoms with Crippen molar-refractivity contribution in [3.05, 3.63) is 58.5 Å². The molecule has 1 aromatic carbocycles. The van der Waals surface area contributed by atoms with Crippen LogP contribution in [-0.2, 0) is 6.42 Å². The van der Waals surface area contributed by atoms with Gasteiger partial charge in [-0.05, 0) is 36.2 Å². The maximum Gasteiger partial charge on any atom is 0.255 e. The Balaban J connectivity index is 2.59. The first kappa shape index (κ1) is 11.5. The summed E-state index contributed by atoms with van der Waals surface area (Å²) in [6, 6.07) is 10.8. The molecule has 0 aliphatic carbocycles. The van der Waals surface area contributed by atoms with Gasteiger partial charge in [0.1, 0.15) is 0 Å². The van der Waals surface area contributed by atoms with Gasteiger partial charge in [0.05, 0.1) is 5.69 Å². The van der Waals surface area contributed by atoms with E-state index in [1.165, 1.54) is 0 Å². The summed E-state index contributed by atoms with van der Waals surface area (Å²) in [6.45, 7) is 2.11. The second-order valence-electron chi connectivity index (χ2n) is 4.05. The molecule has 0 spiro atoms. The van der Waals surface area contributed by atoms with Gasteiger partial charge in [0.25, 0.3) is 5.56 Å². The highest BCUT2D eigenvalue weighted by Gasteiger charge is 2.05. The zero-order valence-electron chi connectivity index (χ0n) is 9.89. The fourth-order valence-corrected chi connectivity index (χ4v) is 1.94. The molecule has 0 bridgehead atoms. The topological polar surface area (TPSA) is 48.0 Å². The first-order chi connectivity index (χ1) is 8.22. The molecule has 0 atom stereocenters. The lowest BCUT2D eigenvalue weighted by molar-refractivity contribution is 0.887. The van der Waals surface area contributed by atoms with Gasteiger partial charge < -0.3 is 5.73 Å². The Morgan fingerprint density at radius 3 is 2.76 bits per heavy atom. The lowest BCUT2D eigenvalue weighted by atomic mass is 10.1. The number of aryl methyl sites for hydroxylation is 1. The van der Waals surface area contributed by atoms with Crippen LogP contribution in [0.2, 0.25) is 0 Å². The molecule has 0 saturated carbocycles. The Bertz CT molecular complexity index is 572. The highest BCUT2D eigenvalue weighted by molar-refractivity contribution is 5.51. The third-order valence-corrected chi connectivity index (χ3v) is 2.70. The van der Waals surface area contributed by atoms with Crippen molar-refractivity contribution >= 4 is 5.69 Å². The Hall–Kier alpha value is -2.03. The normalized spacial score (nSPS) is 10.4. The monoisotopic (exact) mass is 228 g/mol. The van der Waals surface area contributed by atoms with Crippen LogP contribution in [0.5, 0.6) is 0 Å². The zero-order valence-corrected chi connectivity index (χ0v) is 9.89. The van der Waals surface area contributed by atoms with Crippen LogP contribution in [0.25, 0.3) is 5.69 Å². The molecule has 2 N–H and O–H groups in total. The van der Waals surface area contributed by atoms with Crippen LogP contribution in [0, 0.1) is 0 Å². The molecule has 17 heavy (non-hydrogen) atoms. The van der Waals surface area contributed by atoms with Gasteiger partial charge in [-0.3, -0.25) is 9.36 Å². The predicted molar refractivity (Wildman–Crippen MR) is 70.4 cm³/mol. The van der Waals surface area contributed by atoms with E-state index in [0.29, 0.717) is 0 Å². The van der Waals surface area contributed by atoms with Crippen molar-refractivity contribution in [1.82, 2.24) is 4.57 Å². The van der Waals surface area contributed by atoms with E-state index in [1.54, 1.807) is 22.9 Å². The lowest BCUT2D eigenvalue weighted by Gasteiger charge is -2.11. The van der Waals surface area contributed by atoms with E-state index < -0.39 is 0 Å². The van der Waals surface area contributed by atoms with Gasteiger partial charge in [-0.15, -0.1) is 0 Å². The Morgan fingerprint density at radius 1 is 1.24 bits per heavy atom. The Kier molecular flexibility index (Phi) is 3.28. The highest BCUT2D eigenvalue weighted by atomic mass is 16.1. The molecule has 0 radical (unpaired) electrons. The minimum absolute atomic E-state index is 0.0189. The molecule has 2 aromatic rings. The van der Waals surface area contributed by atoms with E-state index in [2.05, 4.69) is 6.92 Å². The van der Waals surface area contributed by atoms with Crippen LogP contribution in [0.3, 0.4) is 0 Å². The van der Waals surface area contributed by atoms with Crippen LogP contribution >= 0.6 is 0 Å². The van der Waals surface area contributed by atoms with Crippen molar-refractivity contribution in [2.24, 2.45) is 0 Å². The Labute approximate surface area is 101 Å². The average Bonchev–Trinajstić information content (AvgIpc) is 2.31. The number of benzene rings is 1.